The Morgan fingerprint density at radius 2 is 1.95 bits per heavy atom. The van der Waals surface area contributed by atoms with E-state index in [1.165, 1.54) is 11.8 Å². The minimum atomic E-state index is 0.507. The van der Waals surface area contributed by atoms with Crippen LogP contribution < -0.4 is 4.74 Å². The summed E-state index contributed by atoms with van der Waals surface area (Å²) in [6, 6.07) is 9.64. The Hall–Kier alpha value is -1.70. The smallest absolute Gasteiger partial charge is 0.137 e. The van der Waals surface area contributed by atoms with Crippen molar-refractivity contribution in [3.63, 3.8) is 0 Å². The van der Waals surface area contributed by atoms with E-state index < -0.39 is 0 Å². The Bertz CT molecular complexity index is 725. The second-order valence-corrected chi connectivity index (χ2v) is 6.36. The van der Waals surface area contributed by atoms with Crippen LogP contribution in [0.3, 0.4) is 0 Å². The number of aryl methyl sites for hydroxylation is 1. The minimum Gasteiger partial charge on any atom is -0.491 e. The molecule has 0 saturated heterocycles. The highest BCUT2D eigenvalue weighted by atomic mass is 35.5. The van der Waals surface area contributed by atoms with Crippen LogP contribution in [-0.2, 0) is 0 Å². The zero-order valence-electron chi connectivity index (χ0n) is 12.8. The molecule has 22 heavy (non-hydrogen) atoms. The fraction of sp³-hybridized carbons (Fsp3) is 0.294. The van der Waals surface area contributed by atoms with Crippen molar-refractivity contribution in [1.29, 1.82) is 5.26 Å². The molecule has 0 bridgehead atoms. The third kappa shape index (κ3) is 3.73. The van der Waals surface area contributed by atoms with Gasteiger partial charge in [0.2, 0.25) is 0 Å². The highest BCUT2D eigenvalue weighted by Gasteiger charge is 2.12. The third-order valence-electron chi connectivity index (χ3n) is 3.49. The van der Waals surface area contributed by atoms with E-state index >= 15 is 0 Å². The summed E-state index contributed by atoms with van der Waals surface area (Å²) in [5.41, 5.74) is 3.70. The van der Waals surface area contributed by atoms with Crippen molar-refractivity contribution in [3.8, 4) is 11.8 Å². The van der Waals surface area contributed by atoms with Crippen LogP contribution in [0.5, 0.6) is 5.75 Å². The second-order valence-electron chi connectivity index (χ2n) is 4.87. The summed E-state index contributed by atoms with van der Waals surface area (Å²) in [5, 5.41) is 10.7. The van der Waals surface area contributed by atoms with Gasteiger partial charge in [-0.25, -0.2) is 4.98 Å². The highest BCUT2D eigenvalue weighted by molar-refractivity contribution is 7.99. The SMILES string of the molecule is Cc1nc(SCCOc2ccccc2Cl)c(C#N)c(C)c1C. The maximum Gasteiger partial charge on any atom is 0.137 e. The van der Waals surface area contributed by atoms with Crippen LogP contribution in [0.25, 0.3) is 0 Å². The molecule has 1 aromatic carbocycles. The molecule has 1 heterocycles. The Morgan fingerprint density at radius 1 is 1.23 bits per heavy atom. The van der Waals surface area contributed by atoms with Gasteiger partial charge in [0, 0.05) is 11.4 Å². The highest BCUT2D eigenvalue weighted by Crippen LogP contribution is 2.27. The number of nitriles is 1. The van der Waals surface area contributed by atoms with Gasteiger partial charge in [0.25, 0.3) is 0 Å². The van der Waals surface area contributed by atoms with E-state index in [2.05, 4.69) is 11.1 Å². The molecular formula is C17H17ClN2OS. The Morgan fingerprint density at radius 3 is 2.64 bits per heavy atom. The normalized spacial score (nSPS) is 10.3. The molecule has 114 valence electrons. The lowest BCUT2D eigenvalue weighted by Gasteiger charge is -2.11. The van der Waals surface area contributed by atoms with Gasteiger partial charge in [-0.1, -0.05) is 23.7 Å². The van der Waals surface area contributed by atoms with E-state index in [1.54, 1.807) is 6.07 Å². The van der Waals surface area contributed by atoms with Gasteiger partial charge in [0.1, 0.15) is 16.8 Å². The summed E-state index contributed by atoms with van der Waals surface area (Å²) < 4.78 is 5.65. The van der Waals surface area contributed by atoms with Crippen LogP contribution in [0.1, 0.15) is 22.4 Å². The average Bonchev–Trinajstić information content (AvgIpc) is 2.51. The summed E-state index contributed by atoms with van der Waals surface area (Å²) in [5.74, 6) is 1.38. The number of rotatable bonds is 5. The predicted molar refractivity (Wildman–Crippen MR) is 90.8 cm³/mol. The van der Waals surface area contributed by atoms with Crippen molar-refractivity contribution in [2.45, 2.75) is 25.8 Å². The molecular weight excluding hydrogens is 316 g/mol. The molecule has 5 heteroatoms. The van der Waals surface area contributed by atoms with Crippen molar-refractivity contribution in [2.24, 2.45) is 0 Å². The van der Waals surface area contributed by atoms with Gasteiger partial charge in [-0.3, -0.25) is 0 Å². The topological polar surface area (TPSA) is 45.9 Å². The fourth-order valence-electron chi connectivity index (χ4n) is 2.00. The van der Waals surface area contributed by atoms with E-state index in [1.807, 2.05) is 39.0 Å². The van der Waals surface area contributed by atoms with Crippen LogP contribution in [0.4, 0.5) is 0 Å². The summed E-state index contributed by atoms with van der Waals surface area (Å²) in [4.78, 5) is 4.53. The quantitative estimate of drug-likeness (QED) is 0.588. The maximum absolute atomic E-state index is 9.33. The monoisotopic (exact) mass is 332 g/mol. The molecule has 0 N–H and O–H groups in total. The first-order chi connectivity index (χ1) is 10.5. The first-order valence-corrected chi connectivity index (χ1v) is 8.29. The van der Waals surface area contributed by atoms with E-state index in [4.69, 9.17) is 16.3 Å². The van der Waals surface area contributed by atoms with Gasteiger partial charge in [0.15, 0.2) is 0 Å². The largest absolute Gasteiger partial charge is 0.491 e. The number of benzene rings is 1. The van der Waals surface area contributed by atoms with Crippen molar-refractivity contribution in [3.05, 3.63) is 51.7 Å². The number of hydrogen-bond donors (Lipinski definition) is 0. The first kappa shape index (κ1) is 16.7. The van der Waals surface area contributed by atoms with E-state index in [9.17, 15) is 5.26 Å². The molecule has 3 nitrogen and oxygen atoms in total. The predicted octanol–water partition coefficient (Wildman–Crippen LogP) is 4.70. The number of pyridine rings is 1. The second kappa shape index (κ2) is 7.53. The summed E-state index contributed by atoms with van der Waals surface area (Å²) in [7, 11) is 0. The lowest BCUT2D eigenvalue weighted by Crippen LogP contribution is -2.03. The molecule has 0 saturated carbocycles. The van der Waals surface area contributed by atoms with Gasteiger partial charge < -0.3 is 4.74 Å². The van der Waals surface area contributed by atoms with Gasteiger partial charge in [-0.05, 0) is 44.0 Å². The number of halogens is 1. The number of thioether (sulfide) groups is 1. The fourth-order valence-corrected chi connectivity index (χ4v) is 3.09. The lowest BCUT2D eigenvalue weighted by molar-refractivity contribution is 0.344. The molecule has 1 aromatic heterocycles. The van der Waals surface area contributed by atoms with Crippen molar-refractivity contribution >= 4 is 23.4 Å². The van der Waals surface area contributed by atoms with Crippen LogP contribution >= 0.6 is 23.4 Å². The number of hydrogen-bond acceptors (Lipinski definition) is 4. The molecule has 2 aromatic rings. The average molecular weight is 333 g/mol. The number of nitrogens with zero attached hydrogens (tertiary/aromatic N) is 2. The van der Waals surface area contributed by atoms with Gasteiger partial charge in [0.05, 0.1) is 17.2 Å². The van der Waals surface area contributed by atoms with Gasteiger partial charge in [-0.15, -0.1) is 11.8 Å². The Labute approximate surface area is 140 Å². The molecule has 0 fully saturated rings. The molecule has 0 aliphatic carbocycles. The molecule has 0 spiro atoms. The molecule has 0 atom stereocenters. The summed E-state index contributed by atoms with van der Waals surface area (Å²) in [6.07, 6.45) is 0. The third-order valence-corrected chi connectivity index (χ3v) is 4.74. The number of ether oxygens (including phenoxy) is 1. The van der Waals surface area contributed by atoms with Gasteiger partial charge >= 0.3 is 0 Å². The standard InChI is InChI=1S/C17H17ClN2OS/c1-11-12(2)14(10-19)17(20-13(11)3)22-9-8-21-16-7-5-4-6-15(16)18/h4-7H,8-9H2,1-3H3. The minimum absolute atomic E-state index is 0.507. The number of para-hydroxylation sites is 1. The molecule has 0 aliphatic heterocycles. The summed E-state index contributed by atoms with van der Waals surface area (Å²) in [6.45, 7) is 6.43. The zero-order valence-corrected chi connectivity index (χ0v) is 14.4. The van der Waals surface area contributed by atoms with Crippen molar-refractivity contribution in [1.82, 2.24) is 4.98 Å². The number of aromatic nitrogens is 1. The zero-order chi connectivity index (χ0) is 16.1. The van der Waals surface area contributed by atoms with Crippen molar-refractivity contribution < 1.29 is 4.74 Å². The lowest BCUT2D eigenvalue weighted by atomic mass is 10.1. The first-order valence-electron chi connectivity index (χ1n) is 6.92. The van der Waals surface area contributed by atoms with Crippen LogP contribution in [-0.4, -0.2) is 17.3 Å². The Kier molecular flexibility index (Phi) is 5.70. The van der Waals surface area contributed by atoms with E-state index in [0.29, 0.717) is 28.7 Å². The van der Waals surface area contributed by atoms with E-state index in [0.717, 1.165) is 21.8 Å². The molecule has 2 rings (SSSR count). The van der Waals surface area contributed by atoms with E-state index in [-0.39, 0.29) is 0 Å². The van der Waals surface area contributed by atoms with Gasteiger partial charge in [-0.2, -0.15) is 5.26 Å². The van der Waals surface area contributed by atoms with Crippen LogP contribution in [0.15, 0.2) is 29.3 Å². The molecule has 0 aliphatic rings. The van der Waals surface area contributed by atoms with Crippen molar-refractivity contribution in [2.75, 3.05) is 12.4 Å². The maximum atomic E-state index is 9.33. The summed E-state index contributed by atoms with van der Waals surface area (Å²) >= 11 is 7.57. The molecule has 0 radical (unpaired) electrons. The van der Waals surface area contributed by atoms with Crippen LogP contribution in [0, 0.1) is 32.1 Å². The molecule has 0 amide bonds. The van der Waals surface area contributed by atoms with Crippen LogP contribution in [0.2, 0.25) is 5.02 Å². The molecule has 0 unspecified atom stereocenters. The Balaban J connectivity index is 2.01.